The van der Waals surface area contributed by atoms with E-state index in [1.165, 1.54) is 39.4 Å². The molecule has 0 spiro atoms. The molecule has 7 aromatic rings. The minimum atomic E-state index is -1.12. The minimum Gasteiger partial charge on any atom is -0.506 e. The number of carbonyl (C=O) groups is 5. The Labute approximate surface area is 564 Å². The Morgan fingerprint density at radius 2 is 1.30 bits per heavy atom. The number of ether oxygens (including phenoxy) is 4. The molecule has 7 aromatic carbocycles. The molecule has 5 N–H and O–H groups in total. The van der Waals surface area contributed by atoms with Gasteiger partial charge < -0.3 is 54.9 Å². The standard InChI is InChI=1S/C78H82N8O11/c87-68-46-51(31-33-80-77(91)57-26-29-60(63(49-57)78(92)93)71-64-47-55-15-8-36-84-38-10-17-61(72(55)84)74(64)97-75-62-18-11-39-85-37-9-16-56(73(62)85)48-65(71)75)21-30-66(68)83-82-59-27-24-54(25-28-59)76(90)81-35-41-95-43-45-96-44-42-94-40-7-1-2-20-69(88)79-34-32-70(89)86-50-58-14-4-3-12-52(58)22-23-53-13-5-6-19-67(53)86/h3-6,12-14,19,21-30,46-49H,1-2,7-11,15-18,20,31-45,50H2,(H4-,79,80,81,82,87,88,90,91,92,93)/p+1/b23-22-. The number of fused-ring (bicyclic) bond motifs is 6. The molecule has 0 aromatic heterocycles. The third kappa shape index (κ3) is 15.2. The number of para-hydroxylation sites is 1. The van der Waals surface area contributed by atoms with Crippen LogP contribution in [0.3, 0.4) is 0 Å². The van der Waals surface area contributed by atoms with Crippen LogP contribution < -0.4 is 45.6 Å². The lowest BCUT2D eigenvalue weighted by molar-refractivity contribution is -0.121. The van der Waals surface area contributed by atoms with E-state index in [0.29, 0.717) is 82.4 Å². The molecule has 97 heavy (non-hydrogen) atoms. The van der Waals surface area contributed by atoms with Crippen LogP contribution in [0.25, 0.3) is 17.7 Å². The molecule has 500 valence electrons. The van der Waals surface area contributed by atoms with Gasteiger partial charge >= 0.3 is 5.97 Å². The summed E-state index contributed by atoms with van der Waals surface area (Å²) in [6.07, 6.45) is 15.4. The fourth-order valence-electron chi connectivity index (χ4n) is 14.4. The van der Waals surface area contributed by atoms with Gasteiger partial charge in [0, 0.05) is 109 Å². The van der Waals surface area contributed by atoms with Gasteiger partial charge in [0.2, 0.25) is 17.2 Å². The van der Waals surface area contributed by atoms with E-state index in [4.69, 9.17) is 18.9 Å². The van der Waals surface area contributed by atoms with E-state index >= 15 is 0 Å². The summed E-state index contributed by atoms with van der Waals surface area (Å²) in [5, 5.41) is 41.3. The molecule has 13 rings (SSSR count). The molecule has 4 amide bonds. The van der Waals surface area contributed by atoms with Crippen LogP contribution in [0.15, 0.2) is 132 Å². The zero-order valence-corrected chi connectivity index (χ0v) is 54.8. The first-order chi connectivity index (χ1) is 47.5. The number of hydrogen-bond acceptors (Lipinski definition) is 13. The number of aromatic carboxylic acids is 1. The number of carbonyl (C=O) groups excluding carboxylic acids is 4. The number of aryl methyl sites for hydroxylation is 2. The molecule has 19 heteroatoms. The number of phenols is 1. The summed E-state index contributed by atoms with van der Waals surface area (Å²) in [5.41, 5.74) is 14.8. The first-order valence-electron chi connectivity index (χ1n) is 34.4. The van der Waals surface area contributed by atoms with Crippen LogP contribution in [0.2, 0.25) is 0 Å². The number of phenolic OH excluding ortho intramolecular Hbond substituents is 1. The summed E-state index contributed by atoms with van der Waals surface area (Å²) in [6.45, 7) is 7.85. The molecule has 6 aliphatic rings. The van der Waals surface area contributed by atoms with E-state index in [-0.39, 0.29) is 59.8 Å². The Bertz CT molecular complexity index is 4350. The monoisotopic (exact) mass is 1310 g/mol. The molecule has 6 aliphatic heterocycles. The second-order valence-corrected chi connectivity index (χ2v) is 25.6. The van der Waals surface area contributed by atoms with Gasteiger partial charge in [-0.1, -0.05) is 73.2 Å². The van der Waals surface area contributed by atoms with E-state index in [1.54, 1.807) is 54.6 Å². The summed E-state index contributed by atoms with van der Waals surface area (Å²) >= 11 is 0. The SMILES string of the molecule is O=C(CCCCCOCCOCCOCCNC(=O)c1ccc(/N=N/c2ccc(CCNC(=O)c3ccc(C4=c5cc6c7c(c5Oc5c4cc4c8c5CCCN8CCC4)CCC[N+]=7CCC6)c(C(=O)O)c3)cc2O)cc1)NCCC(=O)N1Cc2ccccc2/C=C\c2ccccc21. The highest BCUT2D eigenvalue weighted by atomic mass is 16.5. The van der Waals surface area contributed by atoms with Gasteiger partial charge in [-0.25, -0.2) is 9.37 Å². The smallest absolute Gasteiger partial charge is 0.336 e. The number of rotatable bonds is 27. The largest absolute Gasteiger partial charge is 0.506 e. The fraction of sp³-hybridized carbons (Fsp3) is 0.359. The Balaban J connectivity index is 0.504. The van der Waals surface area contributed by atoms with Gasteiger partial charge in [-0.15, -0.1) is 5.11 Å². The molecule has 0 unspecified atom stereocenters. The van der Waals surface area contributed by atoms with Gasteiger partial charge in [-0.3, -0.25) is 19.2 Å². The molecule has 0 aliphatic carbocycles. The van der Waals surface area contributed by atoms with Crippen LogP contribution in [0.4, 0.5) is 22.7 Å². The second-order valence-electron chi connectivity index (χ2n) is 25.6. The third-order valence-corrected chi connectivity index (χ3v) is 19.1. The summed E-state index contributed by atoms with van der Waals surface area (Å²) in [5.74, 6) is -0.307. The highest BCUT2D eigenvalue weighted by molar-refractivity contribution is 6.03. The summed E-state index contributed by atoms with van der Waals surface area (Å²) in [4.78, 5) is 70.4. The number of carboxylic acids is 1. The number of hydrogen-bond donors (Lipinski definition) is 5. The van der Waals surface area contributed by atoms with Crippen LogP contribution in [0.5, 0.6) is 17.2 Å². The van der Waals surface area contributed by atoms with Crippen molar-refractivity contribution in [3.8, 4) is 17.2 Å². The molecule has 0 saturated heterocycles. The van der Waals surface area contributed by atoms with E-state index in [0.717, 1.165) is 153 Å². The number of benzene rings is 7. The van der Waals surface area contributed by atoms with Crippen LogP contribution in [0, 0.1) is 0 Å². The lowest BCUT2D eigenvalue weighted by Gasteiger charge is -2.39. The molecule has 0 fully saturated rings. The van der Waals surface area contributed by atoms with Crippen LogP contribution >= 0.6 is 0 Å². The Hall–Kier alpha value is -9.82. The Kier molecular flexibility index (Phi) is 21.0. The fourth-order valence-corrected chi connectivity index (χ4v) is 14.4. The van der Waals surface area contributed by atoms with Crippen molar-refractivity contribution in [1.29, 1.82) is 0 Å². The Morgan fingerprint density at radius 1 is 0.588 bits per heavy atom. The number of nitrogens with zero attached hydrogens (tertiary/aromatic N) is 5. The summed E-state index contributed by atoms with van der Waals surface area (Å²) in [7, 11) is 0. The van der Waals surface area contributed by atoms with E-state index in [2.05, 4.69) is 59.9 Å². The number of anilines is 2. The number of aromatic hydroxyl groups is 1. The highest BCUT2D eigenvalue weighted by Gasteiger charge is 2.37. The van der Waals surface area contributed by atoms with Gasteiger partial charge in [0.25, 0.3) is 11.8 Å². The predicted octanol–water partition coefficient (Wildman–Crippen LogP) is 10.5. The molecule has 6 heterocycles. The minimum absolute atomic E-state index is 0.0388. The average molecular weight is 1310 g/mol. The number of unbranched alkanes of at least 4 members (excludes halogenated alkanes) is 2. The molecular weight excluding hydrogens is 1220 g/mol. The van der Waals surface area contributed by atoms with Gasteiger partial charge in [-0.05, 0) is 158 Å². The van der Waals surface area contributed by atoms with Crippen molar-refractivity contribution in [3.05, 3.63) is 204 Å². The summed E-state index contributed by atoms with van der Waals surface area (Å²) < 4.78 is 26.6. The zero-order chi connectivity index (χ0) is 66.6. The van der Waals surface area contributed by atoms with Crippen molar-refractivity contribution < 1.29 is 53.1 Å². The van der Waals surface area contributed by atoms with E-state index in [9.17, 15) is 34.2 Å². The Morgan fingerprint density at radius 3 is 2.12 bits per heavy atom. The molecule has 19 nitrogen and oxygen atoms in total. The molecule has 0 bridgehead atoms. The lowest BCUT2D eigenvalue weighted by atomic mass is 9.81. The topological polar surface area (TPSA) is 233 Å². The van der Waals surface area contributed by atoms with Crippen molar-refractivity contribution in [1.82, 2.24) is 20.5 Å². The van der Waals surface area contributed by atoms with Crippen molar-refractivity contribution in [2.45, 2.75) is 96.4 Å². The van der Waals surface area contributed by atoms with E-state index < -0.39 is 11.9 Å². The maximum atomic E-state index is 13.8. The zero-order valence-electron chi connectivity index (χ0n) is 54.8. The highest BCUT2D eigenvalue weighted by Crippen LogP contribution is 2.49. The quantitative estimate of drug-likeness (QED) is 0.0184. The van der Waals surface area contributed by atoms with Crippen molar-refractivity contribution in [3.63, 3.8) is 0 Å². The number of azo groups is 1. The molecule has 0 saturated carbocycles. The molecule has 0 radical (unpaired) electrons. The molecular formula is C78H83N8O11+. The number of nitrogens with one attached hydrogen (secondary N) is 3. The van der Waals surface area contributed by atoms with Crippen LogP contribution in [0.1, 0.15) is 144 Å². The van der Waals surface area contributed by atoms with Gasteiger partial charge in [0.15, 0.2) is 0 Å². The van der Waals surface area contributed by atoms with E-state index in [1.807, 2.05) is 53.4 Å². The normalized spacial score (nSPS) is 15.1. The second kappa shape index (κ2) is 30.9. The average Bonchev–Trinajstić information content (AvgIpc) is 0.711. The first kappa shape index (κ1) is 65.8. The van der Waals surface area contributed by atoms with Gasteiger partial charge in [0.1, 0.15) is 36.0 Å². The maximum absolute atomic E-state index is 13.8. The van der Waals surface area contributed by atoms with Gasteiger partial charge in [0.05, 0.1) is 62.1 Å². The predicted molar refractivity (Wildman–Crippen MR) is 372 cm³/mol. The van der Waals surface area contributed by atoms with Gasteiger partial charge in [-0.2, -0.15) is 5.11 Å². The maximum Gasteiger partial charge on any atom is 0.336 e. The third-order valence-electron chi connectivity index (χ3n) is 19.1. The molecule has 0 atom stereocenters. The van der Waals surface area contributed by atoms with Crippen molar-refractivity contribution >= 4 is 70.1 Å². The first-order valence-corrected chi connectivity index (χ1v) is 34.4. The van der Waals surface area contributed by atoms with Crippen LogP contribution in [-0.2, 0) is 62.4 Å². The number of amides is 4. The number of carboxylic acid groups (broad SMARTS) is 1. The lowest BCUT2D eigenvalue weighted by Crippen LogP contribution is -2.45. The van der Waals surface area contributed by atoms with Crippen molar-refractivity contribution in [2.24, 2.45) is 10.2 Å². The summed E-state index contributed by atoms with van der Waals surface area (Å²) in [6, 6.07) is 37.1. The van der Waals surface area contributed by atoms with Crippen LogP contribution in [-0.4, -0.2) is 125 Å². The van der Waals surface area contributed by atoms with Crippen molar-refractivity contribution in [2.75, 3.05) is 95.3 Å².